The van der Waals surface area contributed by atoms with Crippen LogP contribution in [0, 0.1) is 0 Å². The molecule has 0 N–H and O–H groups in total. The third-order valence-corrected chi connectivity index (χ3v) is 5.20. The van der Waals surface area contributed by atoms with Crippen LogP contribution in [0.15, 0.2) is 48.5 Å². The molecule has 0 saturated carbocycles. The average molecular weight is 401 g/mol. The summed E-state index contributed by atoms with van der Waals surface area (Å²) in [6, 6.07) is 13.4. The number of carbonyl (C=O) groups is 1. The number of hydrogen-bond donors (Lipinski definition) is 0. The Morgan fingerprint density at radius 1 is 0.960 bits per heavy atom. The maximum atomic E-state index is 12.5. The number of likely N-dealkylation sites (N-methyl/N-ethyl adjacent to an activating group) is 1. The number of halogens is 2. The second-order valence-electron chi connectivity index (χ2n) is 5.62. The van der Waals surface area contributed by atoms with Gasteiger partial charge in [-0.2, -0.15) is 0 Å². The molecule has 0 aliphatic carbocycles. The van der Waals surface area contributed by atoms with Crippen LogP contribution in [-0.4, -0.2) is 39.1 Å². The van der Waals surface area contributed by atoms with Crippen LogP contribution in [0.1, 0.15) is 5.56 Å². The number of rotatable bonds is 6. The number of anilines is 1. The zero-order chi connectivity index (χ0) is 18.6. The smallest absolute Gasteiger partial charge is 0.243 e. The molecular weight excluding hydrogens is 383 g/mol. The summed E-state index contributed by atoms with van der Waals surface area (Å²) >= 11 is 11.7. The first kappa shape index (κ1) is 19.6. The van der Waals surface area contributed by atoms with Gasteiger partial charge in [0.1, 0.15) is 6.54 Å². The van der Waals surface area contributed by atoms with E-state index in [-0.39, 0.29) is 12.5 Å². The van der Waals surface area contributed by atoms with E-state index in [0.717, 1.165) is 16.1 Å². The first-order valence-corrected chi connectivity index (χ1v) is 9.99. The summed E-state index contributed by atoms with van der Waals surface area (Å²) in [4.78, 5) is 13.9. The van der Waals surface area contributed by atoms with E-state index >= 15 is 0 Å². The molecule has 134 valence electrons. The summed E-state index contributed by atoms with van der Waals surface area (Å²) in [7, 11) is -1.99. The Balaban J connectivity index is 2.13. The molecule has 0 aromatic heterocycles. The number of benzene rings is 2. The van der Waals surface area contributed by atoms with Crippen LogP contribution in [0.4, 0.5) is 5.69 Å². The predicted octanol–water partition coefficient (Wildman–Crippen LogP) is 3.42. The van der Waals surface area contributed by atoms with Crippen molar-refractivity contribution in [2.24, 2.45) is 0 Å². The number of hydrogen-bond acceptors (Lipinski definition) is 3. The van der Waals surface area contributed by atoms with Gasteiger partial charge in [0.15, 0.2) is 0 Å². The predicted molar refractivity (Wildman–Crippen MR) is 102 cm³/mol. The van der Waals surface area contributed by atoms with Crippen LogP contribution in [0.25, 0.3) is 0 Å². The van der Waals surface area contributed by atoms with Crippen LogP contribution in [0.2, 0.25) is 10.0 Å². The molecule has 0 spiro atoms. The number of nitrogens with zero attached hydrogens (tertiary/aromatic N) is 2. The van der Waals surface area contributed by atoms with Crippen molar-refractivity contribution in [2.45, 2.75) is 6.54 Å². The van der Waals surface area contributed by atoms with Gasteiger partial charge < -0.3 is 4.90 Å². The lowest BCUT2D eigenvalue weighted by Crippen LogP contribution is -2.41. The maximum Gasteiger partial charge on any atom is 0.243 e. The van der Waals surface area contributed by atoms with Gasteiger partial charge in [-0.1, -0.05) is 35.3 Å². The molecule has 0 atom stereocenters. The first-order chi connectivity index (χ1) is 11.7. The van der Waals surface area contributed by atoms with E-state index in [1.807, 2.05) is 12.1 Å². The molecule has 8 heteroatoms. The minimum atomic E-state index is -3.61. The Kier molecular flexibility index (Phi) is 6.32. The van der Waals surface area contributed by atoms with Gasteiger partial charge in [0.2, 0.25) is 15.9 Å². The molecule has 0 radical (unpaired) electrons. The minimum absolute atomic E-state index is 0.287. The monoisotopic (exact) mass is 400 g/mol. The van der Waals surface area contributed by atoms with Crippen molar-refractivity contribution in [1.29, 1.82) is 0 Å². The SMILES string of the molecule is CN(Cc1ccc(Cl)cc1)C(=O)CN(c1ccc(Cl)cc1)S(C)(=O)=O. The van der Waals surface area contributed by atoms with E-state index in [2.05, 4.69) is 0 Å². The van der Waals surface area contributed by atoms with Gasteiger partial charge >= 0.3 is 0 Å². The lowest BCUT2D eigenvalue weighted by atomic mass is 10.2. The summed E-state index contributed by atoms with van der Waals surface area (Å²) in [6.45, 7) is 0.0682. The summed E-state index contributed by atoms with van der Waals surface area (Å²) < 4.78 is 25.2. The fourth-order valence-electron chi connectivity index (χ4n) is 2.20. The third kappa shape index (κ3) is 5.63. The quantitative estimate of drug-likeness (QED) is 0.746. The Labute approximate surface area is 157 Å². The molecule has 25 heavy (non-hydrogen) atoms. The lowest BCUT2D eigenvalue weighted by molar-refractivity contribution is -0.128. The fraction of sp³-hybridized carbons (Fsp3) is 0.235. The van der Waals surface area contributed by atoms with E-state index in [4.69, 9.17) is 23.2 Å². The lowest BCUT2D eigenvalue weighted by Gasteiger charge is -2.25. The second-order valence-corrected chi connectivity index (χ2v) is 8.40. The van der Waals surface area contributed by atoms with Crippen molar-refractivity contribution in [3.8, 4) is 0 Å². The molecule has 2 aromatic rings. The number of carbonyl (C=O) groups excluding carboxylic acids is 1. The first-order valence-electron chi connectivity index (χ1n) is 7.38. The van der Waals surface area contributed by atoms with Gasteiger partial charge in [-0.15, -0.1) is 0 Å². The van der Waals surface area contributed by atoms with E-state index in [0.29, 0.717) is 22.3 Å². The molecule has 0 fully saturated rings. The fourth-order valence-corrected chi connectivity index (χ4v) is 3.30. The van der Waals surface area contributed by atoms with Crippen molar-refractivity contribution >= 4 is 44.8 Å². The van der Waals surface area contributed by atoms with Gasteiger partial charge in [0.05, 0.1) is 11.9 Å². The normalized spacial score (nSPS) is 11.2. The van der Waals surface area contributed by atoms with Crippen molar-refractivity contribution < 1.29 is 13.2 Å². The standard InChI is InChI=1S/C17H18Cl2N2O3S/c1-20(11-13-3-5-14(18)6-4-13)17(22)12-21(25(2,23)24)16-9-7-15(19)8-10-16/h3-10H,11-12H2,1-2H3. The van der Waals surface area contributed by atoms with Gasteiger partial charge in [-0.3, -0.25) is 9.10 Å². The molecule has 1 amide bonds. The Bertz CT molecular complexity index is 837. The van der Waals surface area contributed by atoms with Crippen LogP contribution in [0.3, 0.4) is 0 Å². The molecule has 0 unspecified atom stereocenters. The van der Waals surface area contributed by atoms with Crippen molar-refractivity contribution in [3.05, 3.63) is 64.1 Å². The van der Waals surface area contributed by atoms with Crippen LogP contribution >= 0.6 is 23.2 Å². The molecule has 0 heterocycles. The highest BCUT2D eigenvalue weighted by Gasteiger charge is 2.22. The zero-order valence-electron chi connectivity index (χ0n) is 13.8. The van der Waals surface area contributed by atoms with E-state index in [1.54, 1.807) is 43.4 Å². The van der Waals surface area contributed by atoms with Crippen molar-refractivity contribution in [2.75, 3.05) is 24.2 Å². The highest BCUT2D eigenvalue weighted by molar-refractivity contribution is 7.92. The molecule has 2 aromatic carbocycles. The Morgan fingerprint density at radius 2 is 1.44 bits per heavy atom. The third-order valence-electron chi connectivity index (χ3n) is 3.55. The minimum Gasteiger partial charge on any atom is -0.340 e. The van der Waals surface area contributed by atoms with Gasteiger partial charge in [-0.05, 0) is 42.0 Å². The van der Waals surface area contributed by atoms with Crippen LogP contribution in [-0.2, 0) is 21.4 Å². The van der Waals surface area contributed by atoms with Gasteiger partial charge in [0, 0.05) is 23.6 Å². The largest absolute Gasteiger partial charge is 0.340 e. The summed E-state index contributed by atoms with van der Waals surface area (Å²) in [5.41, 5.74) is 1.29. The summed E-state index contributed by atoms with van der Waals surface area (Å²) in [5, 5.41) is 1.10. The molecule has 2 rings (SSSR count). The maximum absolute atomic E-state index is 12.5. The van der Waals surface area contributed by atoms with Crippen LogP contribution < -0.4 is 4.31 Å². The second kappa shape index (κ2) is 8.08. The van der Waals surface area contributed by atoms with Crippen molar-refractivity contribution in [1.82, 2.24) is 4.90 Å². The molecular formula is C17H18Cl2N2O3S. The van der Waals surface area contributed by atoms with Gasteiger partial charge in [0.25, 0.3) is 0 Å². The van der Waals surface area contributed by atoms with E-state index in [9.17, 15) is 13.2 Å². The Morgan fingerprint density at radius 3 is 1.92 bits per heavy atom. The number of amides is 1. The molecule has 0 saturated heterocycles. The van der Waals surface area contributed by atoms with E-state index in [1.165, 1.54) is 4.90 Å². The molecule has 0 bridgehead atoms. The summed E-state index contributed by atoms with van der Waals surface area (Å²) in [5.74, 6) is -0.324. The zero-order valence-corrected chi connectivity index (χ0v) is 16.1. The topological polar surface area (TPSA) is 57.7 Å². The van der Waals surface area contributed by atoms with Crippen molar-refractivity contribution in [3.63, 3.8) is 0 Å². The highest BCUT2D eigenvalue weighted by Crippen LogP contribution is 2.20. The molecule has 0 aliphatic heterocycles. The summed E-state index contributed by atoms with van der Waals surface area (Å²) in [6.07, 6.45) is 1.06. The Hall–Kier alpha value is -1.76. The molecule has 0 aliphatic rings. The van der Waals surface area contributed by atoms with Gasteiger partial charge in [-0.25, -0.2) is 8.42 Å². The number of sulfonamides is 1. The molecule has 5 nitrogen and oxygen atoms in total. The highest BCUT2D eigenvalue weighted by atomic mass is 35.5. The van der Waals surface area contributed by atoms with E-state index < -0.39 is 10.0 Å². The average Bonchev–Trinajstić information content (AvgIpc) is 2.54. The van der Waals surface area contributed by atoms with Crippen LogP contribution in [0.5, 0.6) is 0 Å².